The second-order valence-corrected chi connectivity index (χ2v) is 6.20. The maximum Gasteiger partial charge on any atom is 0.166 e. The summed E-state index contributed by atoms with van der Waals surface area (Å²) in [4.78, 5) is 12.6. The second kappa shape index (κ2) is 4.87. The van der Waals surface area contributed by atoms with Gasteiger partial charge in [-0.05, 0) is 43.1 Å². The Hall–Kier alpha value is -1.11. The summed E-state index contributed by atoms with van der Waals surface area (Å²) in [7, 11) is 0. The van der Waals surface area contributed by atoms with Crippen molar-refractivity contribution in [3.8, 4) is 0 Å². The van der Waals surface area contributed by atoms with Gasteiger partial charge in [0, 0.05) is 11.5 Å². The van der Waals surface area contributed by atoms with Crippen molar-refractivity contribution in [2.45, 2.75) is 45.4 Å². The topological polar surface area (TPSA) is 17.1 Å². The van der Waals surface area contributed by atoms with E-state index in [0.29, 0.717) is 17.6 Å². The molecule has 18 heavy (non-hydrogen) atoms. The average molecular weight is 242 g/mol. The van der Waals surface area contributed by atoms with Crippen LogP contribution in [0.15, 0.2) is 24.3 Å². The van der Waals surface area contributed by atoms with Crippen molar-refractivity contribution >= 4 is 5.78 Å². The number of benzene rings is 1. The number of carbonyl (C=O) groups is 1. The Labute approximate surface area is 110 Å². The lowest BCUT2D eigenvalue weighted by Crippen LogP contribution is -2.31. The smallest absolute Gasteiger partial charge is 0.166 e. The first kappa shape index (κ1) is 12.0. The summed E-state index contributed by atoms with van der Waals surface area (Å²) in [5.41, 5.74) is 2.27. The summed E-state index contributed by atoms with van der Waals surface area (Å²) in [6.45, 7) is 2.34. The molecule has 3 unspecified atom stereocenters. The van der Waals surface area contributed by atoms with Crippen molar-refractivity contribution in [2.24, 2.45) is 17.8 Å². The molecule has 3 atom stereocenters. The minimum absolute atomic E-state index is 0.308. The zero-order valence-corrected chi connectivity index (χ0v) is 11.2. The molecular weight excluding hydrogens is 220 g/mol. The summed E-state index contributed by atoms with van der Waals surface area (Å²) in [6, 6.07) is 8.20. The number of hydrogen-bond donors (Lipinski definition) is 0. The van der Waals surface area contributed by atoms with Crippen molar-refractivity contribution in [1.29, 1.82) is 0 Å². The first-order chi connectivity index (χ1) is 8.75. The van der Waals surface area contributed by atoms with Crippen molar-refractivity contribution in [2.75, 3.05) is 0 Å². The van der Waals surface area contributed by atoms with Gasteiger partial charge < -0.3 is 0 Å². The molecule has 0 heterocycles. The van der Waals surface area contributed by atoms with E-state index in [9.17, 15) is 4.79 Å². The Balaban J connectivity index is 1.82. The van der Waals surface area contributed by atoms with Crippen LogP contribution in [0.4, 0.5) is 0 Å². The van der Waals surface area contributed by atoms with Gasteiger partial charge in [-0.2, -0.15) is 0 Å². The summed E-state index contributed by atoms with van der Waals surface area (Å²) in [5, 5.41) is 0. The Morgan fingerprint density at radius 1 is 1.11 bits per heavy atom. The molecule has 1 aromatic carbocycles. The van der Waals surface area contributed by atoms with E-state index in [4.69, 9.17) is 0 Å². The number of rotatable bonds is 1. The molecule has 0 spiro atoms. The molecule has 0 amide bonds. The van der Waals surface area contributed by atoms with Gasteiger partial charge in [0.1, 0.15) is 0 Å². The Morgan fingerprint density at radius 3 is 2.78 bits per heavy atom. The molecule has 1 saturated carbocycles. The van der Waals surface area contributed by atoms with Crippen LogP contribution < -0.4 is 0 Å². The van der Waals surface area contributed by atoms with Gasteiger partial charge in [0.2, 0.25) is 0 Å². The molecule has 0 aliphatic heterocycles. The van der Waals surface area contributed by atoms with Crippen LogP contribution in [0.25, 0.3) is 0 Å². The van der Waals surface area contributed by atoms with Gasteiger partial charge in [0.15, 0.2) is 5.78 Å². The van der Waals surface area contributed by atoms with E-state index < -0.39 is 0 Å². The van der Waals surface area contributed by atoms with Crippen molar-refractivity contribution in [1.82, 2.24) is 0 Å². The molecule has 1 nitrogen and oxygen atoms in total. The number of aryl methyl sites for hydroxylation is 1. The lowest BCUT2D eigenvalue weighted by molar-refractivity contribution is 0.0798. The number of Topliss-reactive ketones (excluding diaryl/α,β-unsaturated/α-hetero) is 1. The van der Waals surface area contributed by atoms with Crippen molar-refractivity contribution < 1.29 is 4.79 Å². The van der Waals surface area contributed by atoms with E-state index in [1.165, 1.54) is 31.2 Å². The normalized spacial score (nSPS) is 32.1. The van der Waals surface area contributed by atoms with Crippen LogP contribution in [0.3, 0.4) is 0 Å². The van der Waals surface area contributed by atoms with Crippen LogP contribution in [-0.2, 0) is 6.42 Å². The minimum Gasteiger partial charge on any atom is -0.294 e. The first-order valence-corrected chi connectivity index (χ1v) is 7.38. The maximum atomic E-state index is 12.6. The van der Waals surface area contributed by atoms with E-state index >= 15 is 0 Å². The summed E-state index contributed by atoms with van der Waals surface area (Å²) < 4.78 is 0. The number of hydrogen-bond acceptors (Lipinski definition) is 1. The highest BCUT2D eigenvalue weighted by Gasteiger charge is 2.35. The third-order valence-electron chi connectivity index (χ3n) is 4.89. The van der Waals surface area contributed by atoms with Gasteiger partial charge >= 0.3 is 0 Å². The highest BCUT2D eigenvalue weighted by Crippen LogP contribution is 2.39. The first-order valence-electron chi connectivity index (χ1n) is 7.38. The third kappa shape index (κ3) is 2.11. The van der Waals surface area contributed by atoms with E-state index in [2.05, 4.69) is 19.1 Å². The minimum atomic E-state index is 0.308. The molecule has 1 fully saturated rings. The van der Waals surface area contributed by atoms with Gasteiger partial charge in [-0.15, -0.1) is 0 Å². The molecule has 2 aliphatic rings. The molecule has 0 saturated heterocycles. The fraction of sp³-hybridized carbons (Fsp3) is 0.588. The molecule has 0 radical (unpaired) electrons. The van der Waals surface area contributed by atoms with Crippen LogP contribution in [0.1, 0.15) is 54.9 Å². The zero-order chi connectivity index (χ0) is 12.5. The van der Waals surface area contributed by atoms with Crippen LogP contribution in [0, 0.1) is 17.8 Å². The highest BCUT2D eigenvalue weighted by atomic mass is 16.1. The van der Waals surface area contributed by atoms with Crippen LogP contribution in [-0.4, -0.2) is 5.78 Å². The Bertz CT molecular complexity index is 449. The quantitative estimate of drug-likeness (QED) is 0.719. The lowest BCUT2D eigenvalue weighted by Gasteiger charge is -2.35. The molecule has 0 bridgehead atoms. The fourth-order valence-electron chi connectivity index (χ4n) is 3.92. The van der Waals surface area contributed by atoms with Gasteiger partial charge in [-0.3, -0.25) is 4.79 Å². The standard InChI is InChI=1S/C17H22O/c1-12-5-4-7-14(11-12)16-10-9-13-6-2-3-8-15(13)17(16)18/h2-3,6,8,12,14,16H,4-5,7,9-11H2,1H3. The molecular formula is C17H22O. The third-order valence-corrected chi connectivity index (χ3v) is 4.89. The largest absolute Gasteiger partial charge is 0.294 e. The summed E-state index contributed by atoms with van der Waals surface area (Å²) >= 11 is 0. The van der Waals surface area contributed by atoms with Gasteiger partial charge in [0.25, 0.3) is 0 Å². The van der Waals surface area contributed by atoms with Gasteiger partial charge in [0.05, 0.1) is 0 Å². The SMILES string of the molecule is CC1CCCC(C2CCc3ccccc3C2=O)C1. The van der Waals surface area contributed by atoms with E-state index in [-0.39, 0.29) is 0 Å². The average Bonchev–Trinajstić information content (AvgIpc) is 2.39. The van der Waals surface area contributed by atoms with Crippen LogP contribution in [0.2, 0.25) is 0 Å². The van der Waals surface area contributed by atoms with E-state index in [1.807, 2.05) is 12.1 Å². The molecule has 0 N–H and O–H groups in total. The zero-order valence-electron chi connectivity index (χ0n) is 11.2. The van der Waals surface area contributed by atoms with E-state index in [1.54, 1.807) is 0 Å². The Kier molecular flexibility index (Phi) is 3.23. The molecule has 96 valence electrons. The number of carbonyl (C=O) groups excluding carboxylic acids is 1. The van der Waals surface area contributed by atoms with Gasteiger partial charge in [-0.25, -0.2) is 0 Å². The summed E-state index contributed by atoms with van der Waals surface area (Å²) in [5.74, 6) is 2.20. The predicted octanol–water partition coefficient (Wildman–Crippen LogP) is 4.26. The lowest BCUT2D eigenvalue weighted by atomic mass is 9.69. The second-order valence-electron chi connectivity index (χ2n) is 6.20. The van der Waals surface area contributed by atoms with Crippen LogP contribution >= 0.6 is 0 Å². The predicted molar refractivity (Wildman–Crippen MR) is 73.7 cm³/mol. The fourth-order valence-corrected chi connectivity index (χ4v) is 3.92. The monoisotopic (exact) mass is 242 g/mol. The molecule has 0 aromatic heterocycles. The Morgan fingerprint density at radius 2 is 1.94 bits per heavy atom. The van der Waals surface area contributed by atoms with Crippen LogP contribution in [0.5, 0.6) is 0 Å². The highest BCUT2D eigenvalue weighted by molar-refractivity contribution is 6.00. The molecule has 1 aromatic rings. The van der Waals surface area contributed by atoms with Crippen molar-refractivity contribution in [3.63, 3.8) is 0 Å². The van der Waals surface area contributed by atoms with Gasteiger partial charge in [-0.1, -0.05) is 44.0 Å². The number of ketones is 1. The molecule has 2 aliphatic carbocycles. The van der Waals surface area contributed by atoms with Crippen molar-refractivity contribution in [3.05, 3.63) is 35.4 Å². The summed E-state index contributed by atoms with van der Waals surface area (Å²) in [6.07, 6.45) is 7.37. The molecule has 1 heteroatoms. The van der Waals surface area contributed by atoms with E-state index in [0.717, 1.165) is 24.3 Å². The molecule has 3 rings (SSSR count). The number of fused-ring (bicyclic) bond motifs is 1. The maximum absolute atomic E-state index is 12.6.